The molecule has 0 aromatic rings. The fourth-order valence-corrected chi connectivity index (χ4v) is 4.11. The Morgan fingerprint density at radius 3 is 1.28 bits per heavy atom. The van der Waals surface area contributed by atoms with Crippen LogP contribution in [0.25, 0.3) is 0 Å². The smallest absolute Gasteiger partial charge is 1.00 e. The van der Waals surface area contributed by atoms with Gasteiger partial charge in [0.25, 0.3) is 0 Å². The molecule has 0 fully saturated rings. The molecule has 0 saturated carbocycles. The maximum Gasteiger partial charge on any atom is 1.00 e. The summed E-state index contributed by atoms with van der Waals surface area (Å²) in [5.74, 6) is 0. The van der Waals surface area contributed by atoms with E-state index in [4.69, 9.17) is 0 Å². The van der Waals surface area contributed by atoms with E-state index in [0.29, 0.717) is 9.45 Å². The summed E-state index contributed by atoms with van der Waals surface area (Å²) >= 11 is 0.751. The molecule has 0 bridgehead atoms. The third-order valence-electron chi connectivity index (χ3n) is 5.36. The molecule has 182 valence electrons. The van der Waals surface area contributed by atoms with Crippen LogP contribution in [0, 0.1) is 0 Å². The summed E-state index contributed by atoms with van der Waals surface area (Å²) in [6.07, 6.45) is 24.6. The van der Waals surface area contributed by atoms with Gasteiger partial charge in [0.1, 0.15) is 0 Å². The third-order valence-corrected chi connectivity index (χ3v) is 6.31. The van der Waals surface area contributed by atoms with Crippen molar-refractivity contribution in [1.29, 1.82) is 0 Å². The standard InChI is InChI=1S/C12H26O4S.C12H23O.2Na/c1-2-3-4-5-6-7-8-9-10-11-12-16-17(13,14)15;1-2-3-4-5-6-7-8-9-10-11-12-13;;/h2-12H2,1H3,(H,13,14,15);2-11H2,1H3;;/q;;;+1/p-1. The van der Waals surface area contributed by atoms with Crippen LogP contribution in [0.3, 0.4) is 0 Å². The summed E-state index contributed by atoms with van der Waals surface area (Å²) in [5, 5.41) is 0. The molecule has 0 unspecified atom stereocenters. The summed E-state index contributed by atoms with van der Waals surface area (Å²) in [5.41, 5.74) is 0. The van der Waals surface area contributed by atoms with Crippen LogP contribution < -0.4 is 29.6 Å². The summed E-state index contributed by atoms with van der Waals surface area (Å²) in [6.45, 7) is 4.50. The zero-order chi connectivity index (χ0) is 23.6. The molecule has 0 aliphatic heterocycles. The minimum absolute atomic E-state index is 0. The SMILES string of the molecule is CCCCCCCCCCCCOS(=O)(=O)[O-].CCCCCCCCCCC[C](=O)[Na].[Na+]. The van der Waals surface area contributed by atoms with Crippen LogP contribution in [-0.2, 0) is 19.4 Å². The Hall–Kier alpha value is 1.54. The van der Waals surface area contributed by atoms with Gasteiger partial charge in [0, 0.05) is 0 Å². The Labute approximate surface area is 239 Å². The van der Waals surface area contributed by atoms with Crippen molar-refractivity contribution in [2.45, 2.75) is 142 Å². The molecule has 0 spiro atoms. The van der Waals surface area contributed by atoms with Crippen LogP contribution in [-0.4, -0.2) is 50.5 Å². The summed E-state index contributed by atoms with van der Waals surface area (Å²) in [7, 11) is -4.48. The Kier molecular flexibility index (Phi) is 36.4. The second kappa shape index (κ2) is 30.6. The van der Waals surface area contributed by atoms with Crippen LogP contribution in [0.5, 0.6) is 0 Å². The van der Waals surface area contributed by atoms with Crippen LogP contribution in [0.4, 0.5) is 0 Å². The predicted octanol–water partition coefficient (Wildman–Crippen LogP) is 3.99. The summed E-state index contributed by atoms with van der Waals surface area (Å²) in [4.78, 5) is 10.7. The molecule has 8 heteroatoms. The molecule has 0 saturated heterocycles. The summed E-state index contributed by atoms with van der Waals surface area (Å²) in [6, 6.07) is 0. The number of hydrogen-bond donors (Lipinski definition) is 0. The van der Waals surface area contributed by atoms with Crippen LogP contribution in [0.15, 0.2) is 0 Å². The van der Waals surface area contributed by atoms with E-state index in [1.165, 1.54) is 96.3 Å². The largest absolute Gasteiger partial charge is 1.00 e. The fourth-order valence-electron chi connectivity index (χ4n) is 3.44. The van der Waals surface area contributed by atoms with Gasteiger partial charge < -0.3 is 4.55 Å². The van der Waals surface area contributed by atoms with E-state index < -0.39 is 10.4 Å². The minimum atomic E-state index is -4.48. The van der Waals surface area contributed by atoms with Crippen molar-refractivity contribution in [3.05, 3.63) is 0 Å². The van der Waals surface area contributed by atoms with Crippen molar-refractivity contribution in [2.75, 3.05) is 6.61 Å². The Morgan fingerprint density at radius 1 is 0.656 bits per heavy atom. The van der Waals surface area contributed by atoms with E-state index in [9.17, 15) is 17.8 Å². The van der Waals surface area contributed by atoms with Crippen LogP contribution in [0.1, 0.15) is 142 Å². The molecule has 0 atom stereocenters. The minimum Gasteiger partial charge on any atom is 1.00 e. The van der Waals surface area contributed by atoms with Gasteiger partial charge in [-0.15, -0.1) is 0 Å². The van der Waals surface area contributed by atoms with E-state index in [0.717, 1.165) is 53.6 Å². The molecule has 0 aliphatic carbocycles. The van der Waals surface area contributed by atoms with Crippen molar-refractivity contribution in [2.24, 2.45) is 0 Å². The molecule has 32 heavy (non-hydrogen) atoms. The monoisotopic (exact) mass is 494 g/mol. The normalized spacial score (nSPS) is 10.9. The van der Waals surface area contributed by atoms with E-state index in [-0.39, 0.29) is 36.2 Å². The number of hydrogen-bond acceptors (Lipinski definition) is 5. The average Bonchev–Trinajstić information content (AvgIpc) is 2.70. The first-order valence-corrected chi connectivity index (χ1v) is 15.3. The number of carbonyl (C=O) groups excluding carboxylic acids is 1. The maximum absolute atomic E-state index is 10.7. The van der Waals surface area contributed by atoms with Gasteiger partial charge in [0.15, 0.2) is 0 Å². The molecule has 0 radical (unpaired) electrons. The maximum atomic E-state index is 10.7. The van der Waals surface area contributed by atoms with Crippen molar-refractivity contribution >= 4 is 41.4 Å². The van der Waals surface area contributed by atoms with E-state index in [1.807, 2.05) is 0 Å². The van der Waals surface area contributed by atoms with Gasteiger partial charge >= 0.3 is 136 Å². The summed E-state index contributed by atoms with van der Waals surface area (Å²) < 4.78 is 34.9. The average molecular weight is 495 g/mol. The molecule has 0 amide bonds. The Morgan fingerprint density at radius 2 is 0.969 bits per heavy atom. The van der Waals surface area contributed by atoms with E-state index in [1.54, 1.807) is 0 Å². The number of rotatable bonds is 22. The molecule has 0 aromatic heterocycles. The van der Waals surface area contributed by atoms with Crippen LogP contribution >= 0.6 is 0 Å². The fraction of sp³-hybridized carbons (Fsp3) is 0.958. The second-order valence-electron chi connectivity index (χ2n) is 8.69. The quantitative estimate of drug-likeness (QED) is 0.0983. The van der Waals surface area contributed by atoms with Gasteiger partial charge in [0.2, 0.25) is 10.4 Å². The van der Waals surface area contributed by atoms with Gasteiger partial charge in [-0.1, -0.05) is 64.7 Å². The van der Waals surface area contributed by atoms with E-state index >= 15 is 0 Å². The van der Waals surface area contributed by atoms with Crippen molar-refractivity contribution in [3.8, 4) is 0 Å². The topological polar surface area (TPSA) is 83.5 Å². The van der Waals surface area contributed by atoms with Gasteiger partial charge in [-0.2, -0.15) is 0 Å². The number of unbranched alkanes of at least 4 members (excludes halogenated alkanes) is 17. The first-order chi connectivity index (χ1) is 14.8. The molecule has 0 N–H and O–H groups in total. The van der Waals surface area contributed by atoms with E-state index in [2.05, 4.69) is 18.0 Å². The molecule has 0 aliphatic rings. The molecule has 5 nitrogen and oxygen atoms in total. The molecular formula is C24H48Na2O5S. The van der Waals surface area contributed by atoms with Gasteiger partial charge in [0.05, 0.1) is 6.61 Å². The van der Waals surface area contributed by atoms with Crippen LogP contribution in [0.2, 0.25) is 0 Å². The zero-order valence-electron chi connectivity index (χ0n) is 21.8. The van der Waals surface area contributed by atoms with Gasteiger partial charge in [-0.3, -0.25) is 4.18 Å². The Bertz CT molecular complexity index is 473. The molecular weight excluding hydrogens is 446 g/mol. The molecule has 0 rings (SSSR count). The van der Waals surface area contributed by atoms with Gasteiger partial charge in [-0.25, -0.2) is 8.42 Å². The molecule has 0 aromatic carbocycles. The third kappa shape index (κ3) is 41.8. The predicted molar refractivity (Wildman–Crippen MR) is 130 cm³/mol. The number of carbonyl (C=O) groups is 1. The first-order valence-electron chi connectivity index (χ1n) is 12.9. The zero-order valence-corrected chi connectivity index (χ0v) is 26.6. The van der Waals surface area contributed by atoms with Crippen molar-refractivity contribution in [3.63, 3.8) is 0 Å². The van der Waals surface area contributed by atoms with Crippen molar-refractivity contribution in [1.82, 2.24) is 0 Å². The Balaban J connectivity index is -0.000000519. The van der Waals surface area contributed by atoms with Crippen molar-refractivity contribution < 1.29 is 51.5 Å². The first kappa shape index (κ1) is 38.1. The van der Waals surface area contributed by atoms with Gasteiger partial charge in [-0.05, 0) is 6.42 Å². The molecule has 0 heterocycles. The second-order valence-corrected chi connectivity index (χ2v) is 10.9.